The summed E-state index contributed by atoms with van der Waals surface area (Å²) in [6.07, 6.45) is 5.11. The van der Waals surface area contributed by atoms with Gasteiger partial charge in [-0.15, -0.1) is 0 Å². The van der Waals surface area contributed by atoms with Crippen LogP contribution in [0.25, 0.3) is 0 Å². The number of carbonyl (C=O) groups is 2. The molecule has 0 aromatic heterocycles. The third-order valence-electron chi connectivity index (χ3n) is 4.41. The molecule has 0 unspecified atom stereocenters. The van der Waals surface area contributed by atoms with Gasteiger partial charge in [-0.25, -0.2) is 0 Å². The number of carbonyl (C=O) groups excluding carboxylic acids is 2. The van der Waals surface area contributed by atoms with Crippen molar-refractivity contribution >= 4 is 11.9 Å². The van der Waals surface area contributed by atoms with Crippen LogP contribution in [0.1, 0.15) is 51.4 Å². The van der Waals surface area contributed by atoms with Gasteiger partial charge in [-0.05, 0) is 37.1 Å². The summed E-state index contributed by atoms with van der Waals surface area (Å²) in [5.41, 5.74) is 0. The van der Waals surface area contributed by atoms with Crippen molar-refractivity contribution in [3.63, 3.8) is 0 Å². The van der Waals surface area contributed by atoms with Gasteiger partial charge in [0.05, 0.1) is 0 Å². The minimum atomic E-state index is -0.478. The van der Waals surface area contributed by atoms with E-state index in [0.29, 0.717) is 12.8 Å². The molecule has 8 heteroatoms. The first kappa shape index (κ1) is 22.9. The van der Waals surface area contributed by atoms with Gasteiger partial charge in [0.25, 0.3) is 0 Å². The van der Waals surface area contributed by atoms with Crippen molar-refractivity contribution in [2.45, 2.75) is 51.4 Å². The van der Waals surface area contributed by atoms with Gasteiger partial charge < -0.3 is 29.9 Å². The lowest BCUT2D eigenvalue weighted by Gasteiger charge is -2.07. The summed E-state index contributed by atoms with van der Waals surface area (Å²) in [6.45, 7) is 0. The lowest BCUT2D eigenvalue weighted by molar-refractivity contribution is -0.135. The van der Waals surface area contributed by atoms with Gasteiger partial charge in [0.1, 0.15) is 0 Å². The first-order chi connectivity index (χ1) is 14.4. The Morgan fingerprint density at radius 2 is 0.967 bits per heavy atom. The molecule has 0 spiro atoms. The molecule has 0 atom stereocenters. The maximum Gasteiger partial charge on any atom is 0.311 e. The second kappa shape index (κ2) is 11.5. The Labute approximate surface area is 174 Å². The minimum Gasteiger partial charge on any atom is -0.504 e. The standard InChI is InChI=1S/C22H26O8/c23-15-9-7-11-17(21(15)27)29-19(25)13-5-3-1-2-4-6-14-20(26)30-18-12-8-10-16(24)22(18)28/h7-12,23-24,27-28H,1-6,13-14H2. The highest BCUT2D eigenvalue weighted by Gasteiger charge is 2.12. The zero-order valence-corrected chi connectivity index (χ0v) is 16.5. The molecule has 8 nitrogen and oxygen atoms in total. The van der Waals surface area contributed by atoms with E-state index in [1.54, 1.807) is 0 Å². The smallest absolute Gasteiger partial charge is 0.311 e. The maximum absolute atomic E-state index is 11.8. The van der Waals surface area contributed by atoms with Crippen LogP contribution in [0.3, 0.4) is 0 Å². The number of phenolic OH excluding ortho intramolecular Hbond substituents is 4. The number of benzene rings is 2. The Morgan fingerprint density at radius 1 is 0.600 bits per heavy atom. The van der Waals surface area contributed by atoms with Crippen LogP contribution in [0.15, 0.2) is 36.4 Å². The van der Waals surface area contributed by atoms with Crippen molar-refractivity contribution in [1.82, 2.24) is 0 Å². The average molecular weight is 418 g/mol. The van der Waals surface area contributed by atoms with Gasteiger partial charge in [0.2, 0.25) is 11.5 Å². The second-order valence-corrected chi connectivity index (χ2v) is 6.82. The van der Waals surface area contributed by atoms with Crippen LogP contribution in [0.4, 0.5) is 0 Å². The number of rotatable bonds is 11. The van der Waals surface area contributed by atoms with Crippen molar-refractivity contribution < 1.29 is 39.5 Å². The topological polar surface area (TPSA) is 134 Å². The number of esters is 2. The Bertz CT molecular complexity index is 791. The molecule has 0 amide bonds. The summed E-state index contributed by atoms with van der Waals surface area (Å²) < 4.78 is 10.1. The first-order valence-corrected chi connectivity index (χ1v) is 9.81. The quantitative estimate of drug-likeness (QED) is 0.185. The fraction of sp³-hybridized carbons (Fsp3) is 0.364. The number of phenols is 4. The van der Waals surface area contributed by atoms with Gasteiger partial charge in [-0.3, -0.25) is 9.59 Å². The fourth-order valence-corrected chi connectivity index (χ4v) is 2.78. The largest absolute Gasteiger partial charge is 0.504 e. The van der Waals surface area contributed by atoms with Crippen LogP contribution in [0, 0.1) is 0 Å². The minimum absolute atomic E-state index is 0.0640. The summed E-state index contributed by atoms with van der Waals surface area (Å²) in [5, 5.41) is 37.9. The lowest BCUT2D eigenvalue weighted by Crippen LogP contribution is -2.08. The van der Waals surface area contributed by atoms with Crippen LogP contribution in [-0.2, 0) is 9.59 Å². The van der Waals surface area contributed by atoms with E-state index < -0.39 is 23.4 Å². The van der Waals surface area contributed by atoms with E-state index in [1.807, 2.05) is 0 Å². The molecule has 2 aromatic carbocycles. The highest BCUT2D eigenvalue weighted by molar-refractivity contribution is 5.74. The third-order valence-corrected chi connectivity index (χ3v) is 4.41. The van der Waals surface area contributed by atoms with Crippen molar-refractivity contribution in [3.05, 3.63) is 36.4 Å². The molecule has 0 aliphatic heterocycles. The monoisotopic (exact) mass is 418 g/mol. The van der Waals surface area contributed by atoms with Crippen molar-refractivity contribution in [2.24, 2.45) is 0 Å². The highest BCUT2D eigenvalue weighted by atomic mass is 16.5. The normalized spacial score (nSPS) is 10.5. The molecule has 0 saturated carbocycles. The number of unbranched alkanes of at least 4 members (excludes halogenated alkanes) is 5. The van der Waals surface area contributed by atoms with E-state index in [-0.39, 0.29) is 35.8 Å². The lowest BCUT2D eigenvalue weighted by atomic mass is 10.1. The SMILES string of the molecule is O=C(CCCCCCCCC(=O)Oc1cccc(O)c1O)Oc1cccc(O)c1O. The van der Waals surface area contributed by atoms with Crippen LogP contribution >= 0.6 is 0 Å². The first-order valence-electron chi connectivity index (χ1n) is 9.81. The Kier molecular flexibility index (Phi) is 8.80. The zero-order valence-electron chi connectivity index (χ0n) is 16.5. The van der Waals surface area contributed by atoms with Gasteiger partial charge in [0, 0.05) is 12.8 Å². The molecule has 30 heavy (non-hydrogen) atoms. The number of aromatic hydroxyl groups is 4. The predicted octanol–water partition coefficient (Wildman–Crippen LogP) is 4.14. The van der Waals surface area contributed by atoms with Gasteiger partial charge in [-0.1, -0.05) is 37.8 Å². The van der Waals surface area contributed by atoms with Gasteiger partial charge in [0.15, 0.2) is 23.0 Å². The van der Waals surface area contributed by atoms with Crippen LogP contribution in [0.5, 0.6) is 34.5 Å². The van der Waals surface area contributed by atoms with E-state index in [9.17, 15) is 30.0 Å². The summed E-state index contributed by atoms with van der Waals surface area (Å²) in [7, 11) is 0. The van der Waals surface area contributed by atoms with Crippen LogP contribution in [0.2, 0.25) is 0 Å². The van der Waals surface area contributed by atoms with Gasteiger partial charge in [-0.2, -0.15) is 0 Å². The van der Waals surface area contributed by atoms with E-state index in [4.69, 9.17) is 9.47 Å². The fourth-order valence-electron chi connectivity index (χ4n) is 2.78. The summed E-state index contributed by atoms with van der Waals surface area (Å²) in [4.78, 5) is 23.6. The van der Waals surface area contributed by atoms with Crippen LogP contribution in [-0.4, -0.2) is 32.4 Å². The summed E-state index contributed by atoms with van der Waals surface area (Å²) in [5.74, 6) is -2.68. The molecule has 2 rings (SSSR count). The molecule has 0 aliphatic carbocycles. The molecule has 2 aromatic rings. The Morgan fingerprint density at radius 3 is 1.37 bits per heavy atom. The summed E-state index contributed by atoms with van der Waals surface area (Å²) in [6, 6.07) is 8.34. The molecule has 0 saturated heterocycles. The predicted molar refractivity (Wildman–Crippen MR) is 108 cm³/mol. The third kappa shape index (κ3) is 7.20. The molecule has 0 radical (unpaired) electrons. The van der Waals surface area contributed by atoms with E-state index in [0.717, 1.165) is 25.7 Å². The molecule has 162 valence electrons. The summed E-state index contributed by atoms with van der Waals surface area (Å²) >= 11 is 0. The second-order valence-electron chi connectivity index (χ2n) is 6.82. The average Bonchev–Trinajstić information content (AvgIpc) is 2.71. The Balaban J connectivity index is 1.52. The zero-order chi connectivity index (χ0) is 21.9. The number of hydrogen-bond acceptors (Lipinski definition) is 8. The Hall–Kier alpha value is -3.42. The molecule has 0 aliphatic rings. The molecule has 0 bridgehead atoms. The molecular weight excluding hydrogens is 392 g/mol. The van der Waals surface area contributed by atoms with Crippen molar-refractivity contribution in [1.29, 1.82) is 0 Å². The van der Waals surface area contributed by atoms with Gasteiger partial charge >= 0.3 is 11.9 Å². The molecular formula is C22H26O8. The van der Waals surface area contributed by atoms with E-state index >= 15 is 0 Å². The van der Waals surface area contributed by atoms with Crippen molar-refractivity contribution in [2.75, 3.05) is 0 Å². The van der Waals surface area contributed by atoms with Crippen molar-refractivity contribution in [3.8, 4) is 34.5 Å². The number of para-hydroxylation sites is 2. The highest BCUT2D eigenvalue weighted by Crippen LogP contribution is 2.35. The van der Waals surface area contributed by atoms with E-state index in [1.165, 1.54) is 36.4 Å². The molecule has 4 N–H and O–H groups in total. The van der Waals surface area contributed by atoms with E-state index in [2.05, 4.69) is 0 Å². The molecule has 0 heterocycles. The van der Waals surface area contributed by atoms with Crippen LogP contribution < -0.4 is 9.47 Å². The number of ether oxygens (including phenoxy) is 2. The maximum atomic E-state index is 11.8. The number of hydrogen-bond donors (Lipinski definition) is 4. The molecule has 0 fully saturated rings.